The second kappa shape index (κ2) is 13.6. The summed E-state index contributed by atoms with van der Waals surface area (Å²) in [6.45, 7) is 4.60. The molecule has 0 amide bonds. The predicted molar refractivity (Wildman–Crippen MR) is 213 cm³/mol. The van der Waals surface area contributed by atoms with Crippen LogP contribution in [0.2, 0.25) is 0 Å². The van der Waals surface area contributed by atoms with E-state index in [0.29, 0.717) is 0 Å². The second-order valence-electron chi connectivity index (χ2n) is 13.6. The summed E-state index contributed by atoms with van der Waals surface area (Å²) in [7, 11) is 0. The number of benzene rings is 4. The zero-order valence-electron chi connectivity index (χ0n) is 28.1. The summed E-state index contributed by atoms with van der Waals surface area (Å²) in [4.78, 5) is 4.29. The lowest BCUT2D eigenvalue weighted by Gasteiger charge is -2.30. The van der Waals surface area contributed by atoms with Crippen molar-refractivity contribution in [3.8, 4) is 42.4 Å². The predicted octanol–water partition coefficient (Wildman–Crippen LogP) is 14.5. The lowest BCUT2D eigenvalue weighted by atomic mass is 9.70. The number of unbranched alkanes of at least 4 members (excludes halogenated alkanes) is 6. The third-order valence-corrected chi connectivity index (χ3v) is 14.0. The highest BCUT2D eigenvalue weighted by Crippen LogP contribution is 2.63. The van der Waals surface area contributed by atoms with E-state index in [-0.39, 0.29) is 5.41 Å². The number of rotatable bonds is 12. The summed E-state index contributed by atoms with van der Waals surface area (Å²) in [5.41, 5.74) is 15.1. The minimum atomic E-state index is -0.302. The third-order valence-electron chi connectivity index (χ3n) is 10.7. The monoisotopic (exact) mass is 726 g/mol. The molecule has 2 heterocycles. The van der Waals surface area contributed by atoms with Crippen molar-refractivity contribution >= 4 is 38.6 Å². The van der Waals surface area contributed by atoms with Gasteiger partial charge >= 0.3 is 0 Å². The lowest BCUT2D eigenvalue weighted by Crippen LogP contribution is -2.25. The van der Waals surface area contributed by atoms with E-state index >= 15 is 0 Å². The van der Waals surface area contributed by atoms with Gasteiger partial charge < -0.3 is 0 Å². The Morgan fingerprint density at radius 1 is 0.500 bits per heavy atom. The van der Waals surface area contributed by atoms with Gasteiger partial charge in [0, 0.05) is 14.6 Å². The first-order valence-corrected chi connectivity index (χ1v) is 20.4. The van der Waals surface area contributed by atoms with Gasteiger partial charge in [-0.3, -0.25) is 0 Å². The molecule has 2 aliphatic rings. The third kappa shape index (κ3) is 5.29. The maximum Gasteiger partial charge on any atom is 0.0737 e. The molecule has 0 radical (unpaired) electrons. The van der Waals surface area contributed by atoms with E-state index < -0.39 is 0 Å². The summed E-state index contributed by atoms with van der Waals surface area (Å²) in [5, 5.41) is 0. The molecule has 3 heteroatoms. The Morgan fingerprint density at radius 2 is 1.02 bits per heavy atom. The van der Waals surface area contributed by atoms with E-state index in [0.717, 1.165) is 12.8 Å². The Balaban J connectivity index is 1.25. The van der Waals surface area contributed by atoms with Crippen molar-refractivity contribution in [2.75, 3.05) is 0 Å². The molecule has 2 aliphatic carbocycles. The van der Waals surface area contributed by atoms with Gasteiger partial charge in [0.25, 0.3) is 0 Å². The Hall–Kier alpha value is -3.24. The van der Waals surface area contributed by atoms with Gasteiger partial charge in [0.2, 0.25) is 0 Å². The van der Waals surface area contributed by atoms with E-state index in [1.54, 1.807) is 0 Å². The minimum absolute atomic E-state index is 0.302. The van der Waals surface area contributed by atoms with E-state index in [1.165, 1.54) is 131 Å². The fourth-order valence-corrected chi connectivity index (χ4v) is 11.5. The maximum atomic E-state index is 3.97. The number of thiophene rings is 2. The van der Waals surface area contributed by atoms with Gasteiger partial charge in [-0.2, -0.15) is 0 Å². The van der Waals surface area contributed by atoms with Gasteiger partial charge in [-0.15, -0.1) is 22.7 Å². The molecule has 0 atom stereocenters. The van der Waals surface area contributed by atoms with Gasteiger partial charge in [0.15, 0.2) is 0 Å². The highest BCUT2D eigenvalue weighted by atomic mass is 79.9. The molecule has 1 spiro atoms. The minimum Gasteiger partial charge on any atom is -0.134 e. The first-order valence-electron chi connectivity index (χ1n) is 18.0. The summed E-state index contributed by atoms with van der Waals surface area (Å²) < 4.78 is 1.32. The van der Waals surface area contributed by atoms with Crippen LogP contribution in [-0.4, -0.2) is 0 Å². The molecule has 0 aliphatic heterocycles. The summed E-state index contributed by atoms with van der Waals surface area (Å²) in [6, 6.07) is 39.8. The van der Waals surface area contributed by atoms with Crippen LogP contribution >= 0.6 is 38.6 Å². The van der Waals surface area contributed by atoms with Crippen molar-refractivity contribution in [1.82, 2.24) is 0 Å². The Morgan fingerprint density at radius 3 is 1.60 bits per heavy atom. The van der Waals surface area contributed by atoms with Crippen molar-refractivity contribution in [3.05, 3.63) is 140 Å². The first kappa shape index (κ1) is 32.0. The molecular weight excluding hydrogens is 685 g/mol. The standard InChI is InChI=1S/C45H43BrS2/c1-3-5-7-9-17-31-28-41(47-43(31)42-29-32(44(46)48-42)18-10-8-6-4-2)30-25-26-36-35-21-13-16-24-39(35)45(40(36)27-30)37-22-14-11-19-33(37)34-20-12-15-23-38(34)45/h11-16,19-29H,3-10,17-18H2,1-2H3. The molecule has 0 fully saturated rings. The van der Waals surface area contributed by atoms with Gasteiger partial charge in [0.05, 0.1) is 9.20 Å². The van der Waals surface area contributed by atoms with Crippen molar-refractivity contribution in [3.63, 3.8) is 0 Å². The van der Waals surface area contributed by atoms with Crippen LogP contribution in [0.1, 0.15) is 98.6 Å². The lowest BCUT2D eigenvalue weighted by molar-refractivity contribution is 0.667. The van der Waals surface area contributed by atoms with Gasteiger partial charge in [-0.25, -0.2) is 0 Å². The zero-order valence-corrected chi connectivity index (χ0v) is 31.3. The first-order chi connectivity index (χ1) is 23.6. The number of halogens is 1. The number of hydrogen-bond acceptors (Lipinski definition) is 2. The van der Waals surface area contributed by atoms with Crippen LogP contribution in [0.5, 0.6) is 0 Å². The normalized spacial score (nSPS) is 13.5. The Labute approximate surface area is 303 Å². The van der Waals surface area contributed by atoms with Crippen molar-refractivity contribution in [1.29, 1.82) is 0 Å². The fraction of sp³-hybridized carbons (Fsp3) is 0.289. The van der Waals surface area contributed by atoms with Crippen molar-refractivity contribution < 1.29 is 0 Å². The van der Waals surface area contributed by atoms with Gasteiger partial charge in [-0.1, -0.05) is 137 Å². The number of hydrogen-bond donors (Lipinski definition) is 0. The van der Waals surface area contributed by atoms with Crippen LogP contribution in [-0.2, 0) is 18.3 Å². The fourth-order valence-electron chi connectivity index (χ4n) is 8.39. The quantitative estimate of drug-likeness (QED) is 0.110. The second-order valence-corrected chi connectivity index (χ2v) is 17.1. The molecule has 0 bridgehead atoms. The van der Waals surface area contributed by atoms with Gasteiger partial charge in [-0.05, 0) is 121 Å². The molecule has 6 aromatic rings. The molecule has 0 saturated heterocycles. The van der Waals surface area contributed by atoms with E-state index in [9.17, 15) is 0 Å². The van der Waals surface area contributed by atoms with E-state index in [2.05, 4.69) is 133 Å². The largest absolute Gasteiger partial charge is 0.134 e. The van der Waals surface area contributed by atoms with Crippen LogP contribution < -0.4 is 0 Å². The van der Waals surface area contributed by atoms with E-state index in [4.69, 9.17) is 0 Å². The zero-order chi connectivity index (χ0) is 32.7. The van der Waals surface area contributed by atoms with Crippen molar-refractivity contribution in [2.45, 2.75) is 83.5 Å². The SMILES string of the molecule is CCCCCCc1cc(-c2sc(-c3ccc4c(c3)C3(c5ccccc5-c5ccccc53)c3ccccc3-4)cc2CCCCCC)sc1Br. The smallest absolute Gasteiger partial charge is 0.0737 e. The molecule has 4 aromatic carbocycles. The van der Waals surface area contributed by atoms with Gasteiger partial charge in [0.1, 0.15) is 0 Å². The molecule has 0 N–H and O–H groups in total. The summed E-state index contributed by atoms with van der Waals surface area (Å²) in [5.74, 6) is 0. The number of fused-ring (bicyclic) bond motifs is 10. The molecule has 2 aromatic heterocycles. The molecular formula is C45H43BrS2. The van der Waals surface area contributed by atoms with E-state index in [1.807, 2.05) is 22.7 Å². The molecule has 8 rings (SSSR count). The average Bonchev–Trinajstić information content (AvgIpc) is 3.87. The average molecular weight is 728 g/mol. The molecule has 0 saturated carbocycles. The van der Waals surface area contributed by atoms with Crippen molar-refractivity contribution in [2.24, 2.45) is 0 Å². The topological polar surface area (TPSA) is 0 Å². The molecule has 242 valence electrons. The molecule has 0 unspecified atom stereocenters. The van der Waals surface area contributed by atoms with Crippen LogP contribution in [0.3, 0.4) is 0 Å². The van der Waals surface area contributed by atoms with Crippen LogP contribution in [0.15, 0.2) is 107 Å². The van der Waals surface area contributed by atoms with Crippen LogP contribution in [0.4, 0.5) is 0 Å². The van der Waals surface area contributed by atoms with Crippen LogP contribution in [0, 0.1) is 0 Å². The molecule has 48 heavy (non-hydrogen) atoms. The highest BCUT2D eigenvalue weighted by Gasteiger charge is 2.51. The maximum absolute atomic E-state index is 3.97. The summed E-state index contributed by atoms with van der Waals surface area (Å²) in [6.07, 6.45) is 12.7. The summed E-state index contributed by atoms with van der Waals surface area (Å²) >= 11 is 7.91. The Bertz CT molecular complexity index is 2030. The number of aryl methyl sites for hydroxylation is 2. The highest BCUT2D eigenvalue weighted by molar-refractivity contribution is 9.11. The van der Waals surface area contributed by atoms with Crippen LogP contribution in [0.25, 0.3) is 42.4 Å². The molecule has 0 nitrogen and oxygen atoms in total. The Kier molecular flexibility index (Phi) is 9.05.